The molecule has 0 atom stereocenters. The SMILES string of the molecule is O=C(c1c[nH]c(=O)c(Cl)c1)N1CC(Cc2ccccc2)(C(=O)NC2CCC2)C1. The summed E-state index contributed by atoms with van der Waals surface area (Å²) in [4.78, 5) is 41.3. The molecule has 4 rings (SSSR count). The fourth-order valence-corrected chi connectivity index (χ4v) is 3.98. The maximum atomic E-state index is 13.0. The number of aromatic amines is 1. The highest BCUT2D eigenvalue weighted by atomic mass is 35.5. The van der Waals surface area contributed by atoms with Crippen molar-refractivity contribution in [2.75, 3.05) is 13.1 Å². The van der Waals surface area contributed by atoms with E-state index in [-0.39, 0.29) is 22.9 Å². The van der Waals surface area contributed by atoms with E-state index in [0.717, 1.165) is 24.8 Å². The van der Waals surface area contributed by atoms with Crippen LogP contribution in [-0.4, -0.2) is 40.8 Å². The largest absolute Gasteiger partial charge is 0.353 e. The predicted octanol–water partition coefficient (Wildman–Crippen LogP) is 2.38. The summed E-state index contributed by atoms with van der Waals surface area (Å²) in [6.45, 7) is 0.687. The summed E-state index contributed by atoms with van der Waals surface area (Å²) in [5, 5.41) is 3.13. The molecule has 2 heterocycles. The molecule has 6 nitrogen and oxygen atoms in total. The van der Waals surface area contributed by atoms with E-state index in [1.165, 1.54) is 12.3 Å². The van der Waals surface area contributed by atoms with Crippen molar-refractivity contribution in [1.29, 1.82) is 0 Å². The molecule has 1 saturated carbocycles. The minimum atomic E-state index is -0.626. The molecule has 1 saturated heterocycles. The van der Waals surface area contributed by atoms with Gasteiger partial charge in [0.1, 0.15) is 5.02 Å². The highest BCUT2D eigenvalue weighted by molar-refractivity contribution is 6.30. The third-order valence-electron chi connectivity index (χ3n) is 5.69. The number of H-pyrrole nitrogens is 1. The molecule has 1 aromatic heterocycles. The Morgan fingerprint density at radius 1 is 1.21 bits per heavy atom. The van der Waals surface area contributed by atoms with Crippen molar-refractivity contribution in [3.8, 4) is 0 Å². The first-order valence-electron chi connectivity index (χ1n) is 9.49. The van der Waals surface area contributed by atoms with E-state index in [4.69, 9.17) is 11.6 Å². The first-order valence-corrected chi connectivity index (χ1v) is 9.87. The quantitative estimate of drug-likeness (QED) is 0.809. The first-order chi connectivity index (χ1) is 13.5. The van der Waals surface area contributed by atoms with Crippen molar-refractivity contribution in [1.82, 2.24) is 15.2 Å². The highest BCUT2D eigenvalue weighted by Gasteiger charge is 2.51. The van der Waals surface area contributed by atoms with Crippen molar-refractivity contribution < 1.29 is 9.59 Å². The van der Waals surface area contributed by atoms with Crippen molar-refractivity contribution in [2.45, 2.75) is 31.7 Å². The smallest absolute Gasteiger partial charge is 0.266 e. The molecule has 146 valence electrons. The van der Waals surface area contributed by atoms with Crippen molar-refractivity contribution in [2.24, 2.45) is 5.41 Å². The van der Waals surface area contributed by atoms with Crippen LogP contribution in [0.3, 0.4) is 0 Å². The van der Waals surface area contributed by atoms with E-state index in [1.54, 1.807) is 4.90 Å². The van der Waals surface area contributed by atoms with Crippen LogP contribution in [0.25, 0.3) is 0 Å². The monoisotopic (exact) mass is 399 g/mol. The summed E-state index contributed by atoms with van der Waals surface area (Å²) < 4.78 is 0. The Morgan fingerprint density at radius 3 is 2.54 bits per heavy atom. The third kappa shape index (κ3) is 3.56. The zero-order valence-corrected chi connectivity index (χ0v) is 16.2. The van der Waals surface area contributed by atoms with Crippen LogP contribution < -0.4 is 10.9 Å². The average Bonchev–Trinajstić information content (AvgIpc) is 2.63. The van der Waals surface area contributed by atoms with Crippen LogP contribution in [0.2, 0.25) is 5.02 Å². The minimum Gasteiger partial charge on any atom is -0.353 e. The Balaban J connectivity index is 1.51. The van der Waals surface area contributed by atoms with Crippen LogP contribution in [-0.2, 0) is 11.2 Å². The van der Waals surface area contributed by atoms with Crippen molar-refractivity contribution in [3.63, 3.8) is 0 Å². The van der Waals surface area contributed by atoms with E-state index in [9.17, 15) is 14.4 Å². The second-order valence-corrected chi connectivity index (χ2v) is 8.18. The number of hydrogen-bond donors (Lipinski definition) is 2. The summed E-state index contributed by atoms with van der Waals surface area (Å²) in [6, 6.07) is 11.5. The molecule has 2 N–H and O–H groups in total. The Kier molecular flexibility index (Phi) is 4.98. The maximum Gasteiger partial charge on any atom is 0.266 e. The van der Waals surface area contributed by atoms with Crippen molar-refractivity contribution in [3.05, 3.63) is 69.1 Å². The molecule has 2 amide bonds. The van der Waals surface area contributed by atoms with Gasteiger partial charge in [-0.2, -0.15) is 0 Å². The lowest BCUT2D eigenvalue weighted by Crippen LogP contribution is -2.66. The molecule has 1 aliphatic heterocycles. The molecule has 0 unspecified atom stereocenters. The fourth-order valence-electron chi connectivity index (χ4n) is 3.80. The van der Waals surface area contributed by atoms with Gasteiger partial charge in [-0.1, -0.05) is 41.9 Å². The number of likely N-dealkylation sites (tertiary alicyclic amines) is 1. The predicted molar refractivity (Wildman–Crippen MR) is 106 cm³/mol. The molecule has 2 aromatic rings. The number of pyridine rings is 1. The number of nitrogens with one attached hydrogen (secondary N) is 2. The van der Waals surface area contributed by atoms with Gasteiger partial charge >= 0.3 is 0 Å². The van der Waals surface area contributed by atoms with Crippen LogP contribution in [0, 0.1) is 5.41 Å². The molecule has 7 heteroatoms. The summed E-state index contributed by atoms with van der Waals surface area (Å²) in [7, 11) is 0. The normalized spacial score (nSPS) is 18.1. The van der Waals surface area contributed by atoms with Gasteiger partial charge in [-0.25, -0.2) is 0 Å². The van der Waals surface area contributed by atoms with Gasteiger partial charge in [0.2, 0.25) is 5.91 Å². The molecule has 28 heavy (non-hydrogen) atoms. The Labute approximate surface area is 167 Å². The Morgan fingerprint density at radius 2 is 1.93 bits per heavy atom. The molecular formula is C21H22ClN3O3. The first kappa shape index (κ1) is 18.7. The topological polar surface area (TPSA) is 82.3 Å². The number of amides is 2. The fraction of sp³-hybridized carbons (Fsp3) is 0.381. The Hall–Kier alpha value is -2.60. The molecule has 0 bridgehead atoms. The average molecular weight is 400 g/mol. The molecule has 2 fully saturated rings. The second-order valence-electron chi connectivity index (χ2n) is 7.77. The molecule has 1 aromatic carbocycles. The highest BCUT2D eigenvalue weighted by Crippen LogP contribution is 2.36. The molecular weight excluding hydrogens is 378 g/mol. The lowest BCUT2D eigenvalue weighted by molar-refractivity contribution is -0.140. The number of hydrogen-bond acceptors (Lipinski definition) is 3. The standard InChI is InChI=1S/C21H22ClN3O3/c22-17-9-15(11-23-18(17)26)19(27)25-12-21(13-25,10-14-5-2-1-3-6-14)20(28)24-16-7-4-8-16/h1-3,5-6,9,11,16H,4,7-8,10,12-13H2,(H,23,26)(H,24,28). The number of carbonyl (C=O) groups excluding carboxylic acids is 2. The number of benzene rings is 1. The van der Waals surface area contributed by atoms with Crippen LogP contribution in [0.4, 0.5) is 0 Å². The minimum absolute atomic E-state index is 0.0182. The maximum absolute atomic E-state index is 13.0. The van der Waals surface area contributed by atoms with Crippen LogP contribution in [0.15, 0.2) is 47.4 Å². The number of halogens is 1. The van der Waals surface area contributed by atoms with E-state index in [1.807, 2.05) is 30.3 Å². The van der Waals surface area contributed by atoms with E-state index in [2.05, 4.69) is 10.3 Å². The lowest BCUT2D eigenvalue weighted by Gasteiger charge is -2.49. The second kappa shape index (κ2) is 7.43. The van der Waals surface area contributed by atoms with Gasteiger partial charge in [0.05, 0.1) is 11.0 Å². The number of nitrogens with zero attached hydrogens (tertiary/aromatic N) is 1. The van der Waals surface area contributed by atoms with E-state index >= 15 is 0 Å². The van der Waals surface area contributed by atoms with Gasteiger partial charge in [0.15, 0.2) is 0 Å². The van der Waals surface area contributed by atoms with Gasteiger partial charge < -0.3 is 15.2 Å². The van der Waals surface area contributed by atoms with Gasteiger partial charge in [-0.15, -0.1) is 0 Å². The van der Waals surface area contributed by atoms with Crippen LogP contribution >= 0.6 is 11.6 Å². The van der Waals surface area contributed by atoms with Gasteiger partial charge in [-0.3, -0.25) is 14.4 Å². The molecule has 1 aliphatic carbocycles. The zero-order chi connectivity index (χ0) is 19.7. The van der Waals surface area contributed by atoms with Crippen LogP contribution in [0.1, 0.15) is 35.2 Å². The summed E-state index contributed by atoms with van der Waals surface area (Å²) >= 11 is 5.84. The van der Waals surface area contributed by atoms with Gasteiger partial charge in [0, 0.05) is 25.3 Å². The number of rotatable bonds is 5. The molecule has 0 spiro atoms. The van der Waals surface area contributed by atoms with E-state index in [0.29, 0.717) is 25.1 Å². The van der Waals surface area contributed by atoms with E-state index < -0.39 is 11.0 Å². The lowest BCUT2D eigenvalue weighted by atomic mass is 9.73. The zero-order valence-electron chi connectivity index (χ0n) is 15.4. The van der Waals surface area contributed by atoms with Gasteiger partial charge in [-0.05, 0) is 37.3 Å². The summed E-state index contributed by atoms with van der Waals surface area (Å²) in [5.74, 6) is -0.220. The summed E-state index contributed by atoms with van der Waals surface area (Å²) in [5.41, 5.74) is 0.335. The summed E-state index contributed by atoms with van der Waals surface area (Å²) in [6.07, 6.45) is 5.14. The van der Waals surface area contributed by atoms with Crippen LogP contribution in [0.5, 0.6) is 0 Å². The molecule has 0 radical (unpaired) electrons. The third-order valence-corrected chi connectivity index (χ3v) is 5.97. The Bertz CT molecular complexity index is 947. The molecule has 2 aliphatic rings. The number of aromatic nitrogens is 1. The number of carbonyl (C=O) groups is 2. The van der Waals surface area contributed by atoms with Gasteiger partial charge in [0.25, 0.3) is 11.5 Å². The van der Waals surface area contributed by atoms with Crippen molar-refractivity contribution >= 4 is 23.4 Å².